The first-order valence-corrected chi connectivity index (χ1v) is 7.19. The second-order valence-electron chi connectivity index (χ2n) is 4.19. The summed E-state index contributed by atoms with van der Waals surface area (Å²) >= 11 is 0. The van der Waals surface area contributed by atoms with E-state index in [0.717, 1.165) is 0 Å². The van der Waals surface area contributed by atoms with Crippen molar-refractivity contribution in [3.05, 3.63) is 18.5 Å². The van der Waals surface area contributed by atoms with E-state index in [2.05, 4.69) is 4.72 Å². The van der Waals surface area contributed by atoms with Crippen molar-refractivity contribution in [3.63, 3.8) is 0 Å². The van der Waals surface area contributed by atoms with Crippen LogP contribution in [-0.4, -0.2) is 30.6 Å². The van der Waals surface area contributed by atoms with Crippen molar-refractivity contribution in [1.29, 1.82) is 0 Å². The maximum absolute atomic E-state index is 11.9. The highest BCUT2D eigenvalue weighted by Crippen LogP contribution is 2.10. The first-order valence-electron chi connectivity index (χ1n) is 5.71. The molecular weight excluding hydrogens is 256 g/mol. The van der Waals surface area contributed by atoms with Crippen LogP contribution in [0.2, 0.25) is 0 Å². The third-order valence-corrected chi connectivity index (χ3v) is 4.03. The lowest BCUT2D eigenvalue weighted by atomic mass is 10.1. The molecule has 0 bridgehead atoms. The number of rotatable bonds is 7. The molecule has 0 saturated carbocycles. The fourth-order valence-corrected chi connectivity index (χ4v) is 2.72. The molecule has 18 heavy (non-hydrogen) atoms. The molecule has 0 aliphatic heterocycles. The fraction of sp³-hybridized carbons (Fsp3) is 0.545. The third kappa shape index (κ3) is 3.85. The van der Waals surface area contributed by atoms with Gasteiger partial charge in [-0.1, -0.05) is 13.3 Å². The minimum Gasteiger partial charge on any atom is -0.481 e. The molecule has 1 heterocycles. The van der Waals surface area contributed by atoms with Crippen LogP contribution in [0.25, 0.3) is 0 Å². The predicted molar refractivity (Wildman–Crippen MR) is 66.6 cm³/mol. The van der Waals surface area contributed by atoms with Crippen molar-refractivity contribution in [2.75, 3.05) is 6.54 Å². The van der Waals surface area contributed by atoms with E-state index >= 15 is 0 Å². The van der Waals surface area contributed by atoms with Gasteiger partial charge in [0.05, 0.1) is 10.8 Å². The Balaban J connectivity index is 2.69. The van der Waals surface area contributed by atoms with Crippen LogP contribution in [-0.2, 0) is 21.9 Å². The number of carbonyl (C=O) groups is 1. The van der Waals surface area contributed by atoms with E-state index in [4.69, 9.17) is 5.11 Å². The van der Waals surface area contributed by atoms with Crippen LogP contribution in [0.1, 0.15) is 19.8 Å². The van der Waals surface area contributed by atoms with Gasteiger partial charge in [0.25, 0.3) is 0 Å². The van der Waals surface area contributed by atoms with Crippen LogP contribution < -0.4 is 4.72 Å². The van der Waals surface area contributed by atoms with Gasteiger partial charge in [-0.3, -0.25) is 4.79 Å². The van der Waals surface area contributed by atoms with Gasteiger partial charge in [0.2, 0.25) is 10.0 Å². The average molecular weight is 274 g/mol. The van der Waals surface area contributed by atoms with Crippen molar-refractivity contribution in [2.24, 2.45) is 13.0 Å². The van der Waals surface area contributed by atoms with Crippen LogP contribution >= 0.6 is 0 Å². The number of carboxylic acid groups (broad SMARTS) is 1. The molecule has 0 radical (unpaired) electrons. The second-order valence-corrected chi connectivity index (χ2v) is 5.96. The number of nitrogens with zero attached hydrogens (tertiary/aromatic N) is 1. The van der Waals surface area contributed by atoms with E-state index < -0.39 is 21.9 Å². The standard InChI is InChI=1S/C11H18N2O4S/c1-3-4-9(11(14)15)7-12-18(16,17)10-5-6-13(2)8-10/h5-6,8-9,12H,3-4,7H2,1-2H3,(H,14,15). The molecular formula is C11H18N2O4S. The largest absolute Gasteiger partial charge is 0.481 e. The number of nitrogens with one attached hydrogen (secondary N) is 1. The second kappa shape index (κ2) is 6.01. The lowest BCUT2D eigenvalue weighted by molar-refractivity contribution is -0.141. The summed E-state index contributed by atoms with van der Waals surface area (Å²) in [5, 5.41) is 8.94. The lowest BCUT2D eigenvalue weighted by Crippen LogP contribution is -2.32. The highest BCUT2D eigenvalue weighted by molar-refractivity contribution is 7.89. The molecule has 0 aliphatic carbocycles. The Hall–Kier alpha value is -1.34. The quantitative estimate of drug-likeness (QED) is 0.770. The predicted octanol–water partition coefficient (Wildman–Crippen LogP) is 0.804. The molecule has 1 atom stereocenters. The molecule has 6 nitrogen and oxygen atoms in total. The van der Waals surface area contributed by atoms with Crippen LogP contribution in [0.4, 0.5) is 0 Å². The Bertz CT molecular complexity index is 507. The van der Waals surface area contributed by atoms with Gasteiger partial charge in [-0.2, -0.15) is 0 Å². The van der Waals surface area contributed by atoms with Gasteiger partial charge in [-0.15, -0.1) is 0 Å². The van der Waals surface area contributed by atoms with E-state index in [1.165, 1.54) is 12.3 Å². The van der Waals surface area contributed by atoms with Gasteiger partial charge >= 0.3 is 5.97 Å². The van der Waals surface area contributed by atoms with Crippen molar-refractivity contribution in [3.8, 4) is 0 Å². The summed E-state index contributed by atoms with van der Waals surface area (Å²) < 4.78 is 27.7. The summed E-state index contributed by atoms with van der Waals surface area (Å²) in [4.78, 5) is 11.1. The average Bonchev–Trinajstić information content (AvgIpc) is 2.71. The molecule has 0 saturated heterocycles. The number of aromatic nitrogens is 1. The number of sulfonamides is 1. The molecule has 0 aliphatic rings. The molecule has 7 heteroatoms. The van der Waals surface area contributed by atoms with Gasteiger partial charge < -0.3 is 9.67 Å². The zero-order valence-corrected chi connectivity index (χ0v) is 11.3. The monoisotopic (exact) mass is 274 g/mol. The van der Waals surface area contributed by atoms with E-state index in [1.807, 2.05) is 6.92 Å². The normalized spacial score (nSPS) is 13.4. The number of aryl methyl sites for hydroxylation is 1. The van der Waals surface area contributed by atoms with Gasteiger partial charge in [0.1, 0.15) is 0 Å². The summed E-state index contributed by atoms with van der Waals surface area (Å²) in [5.41, 5.74) is 0. The maximum atomic E-state index is 11.9. The summed E-state index contributed by atoms with van der Waals surface area (Å²) in [5.74, 6) is -1.67. The molecule has 0 aromatic carbocycles. The van der Waals surface area contributed by atoms with E-state index in [1.54, 1.807) is 17.8 Å². The van der Waals surface area contributed by atoms with Crippen LogP contribution in [0, 0.1) is 5.92 Å². The summed E-state index contributed by atoms with van der Waals surface area (Å²) in [6, 6.07) is 1.47. The number of aliphatic carboxylic acids is 1. The third-order valence-electron chi connectivity index (χ3n) is 2.62. The molecule has 0 spiro atoms. The lowest BCUT2D eigenvalue weighted by Gasteiger charge is -2.12. The Morgan fingerprint density at radius 3 is 2.67 bits per heavy atom. The molecule has 1 aromatic heterocycles. The summed E-state index contributed by atoms with van der Waals surface area (Å²) in [7, 11) is -1.90. The molecule has 1 aromatic rings. The van der Waals surface area contributed by atoms with Gasteiger partial charge in [-0.25, -0.2) is 13.1 Å². The number of hydrogen-bond acceptors (Lipinski definition) is 3. The van der Waals surface area contributed by atoms with E-state index in [0.29, 0.717) is 12.8 Å². The van der Waals surface area contributed by atoms with Crippen molar-refractivity contribution in [2.45, 2.75) is 24.7 Å². The summed E-state index contributed by atoms with van der Waals surface area (Å²) in [6.45, 7) is 1.78. The SMILES string of the molecule is CCCC(CNS(=O)(=O)c1ccn(C)c1)C(=O)O. The maximum Gasteiger partial charge on any atom is 0.307 e. The van der Waals surface area contributed by atoms with Gasteiger partial charge in [0.15, 0.2) is 0 Å². The summed E-state index contributed by atoms with van der Waals surface area (Å²) in [6.07, 6.45) is 4.24. The van der Waals surface area contributed by atoms with E-state index in [-0.39, 0.29) is 11.4 Å². The molecule has 2 N–H and O–H groups in total. The van der Waals surface area contributed by atoms with Crippen molar-refractivity contribution < 1.29 is 18.3 Å². The number of carboxylic acids is 1. The van der Waals surface area contributed by atoms with Crippen molar-refractivity contribution in [1.82, 2.24) is 9.29 Å². The van der Waals surface area contributed by atoms with E-state index in [9.17, 15) is 13.2 Å². The van der Waals surface area contributed by atoms with Crippen LogP contribution in [0.5, 0.6) is 0 Å². The minimum absolute atomic E-state index is 0.0829. The zero-order valence-electron chi connectivity index (χ0n) is 10.5. The first kappa shape index (κ1) is 14.7. The highest BCUT2D eigenvalue weighted by Gasteiger charge is 2.21. The Morgan fingerprint density at radius 2 is 2.22 bits per heavy atom. The smallest absolute Gasteiger partial charge is 0.307 e. The molecule has 1 rings (SSSR count). The van der Waals surface area contributed by atoms with Gasteiger partial charge in [0, 0.05) is 26.0 Å². The zero-order chi connectivity index (χ0) is 13.8. The Labute approximate surface area is 107 Å². The molecule has 102 valence electrons. The van der Waals surface area contributed by atoms with Crippen molar-refractivity contribution >= 4 is 16.0 Å². The first-order chi connectivity index (χ1) is 8.36. The van der Waals surface area contributed by atoms with Crippen LogP contribution in [0.3, 0.4) is 0 Å². The fourth-order valence-electron chi connectivity index (χ4n) is 1.59. The highest BCUT2D eigenvalue weighted by atomic mass is 32.2. The Kier molecular flexibility index (Phi) is 4.92. The minimum atomic E-state index is -3.62. The molecule has 0 amide bonds. The van der Waals surface area contributed by atoms with Gasteiger partial charge in [-0.05, 0) is 12.5 Å². The molecule has 1 unspecified atom stereocenters. The molecule has 0 fully saturated rings. The van der Waals surface area contributed by atoms with Crippen LogP contribution in [0.15, 0.2) is 23.4 Å². The Morgan fingerprint density at radius 1 is 1.56 bits per heavy atom. The number of hydrogen-bond donors (Lipinski definition) is 2. The topological polar surface area (TPSA) is 88.4 Å².